The summed E-state index contributed by atoms with van der Waals surface area (Å²) in [7, 11) is 0. The Balaban J connectivity index is 2.15. The highest BCUT2D eigenvalue weighted by Crippen LogP contribution is 2.27. The molecule has 1 fully saturated rings. The standard InChI is InChI=1S/C13H15FN2O/c1-13(4-6-16-7-5-13)17-11-2-3-12(14)10(8-11)9-15/h2-3,8,16H,4-7H2,1H3. The van der Waals surface area contributed by atoms with E-state index in [-0.39, 0.29) is 11.2 Å². The highest BCUT2D eigenvalue weighted by atomic mass is 19.1. The monoisotopic (exact) mass is 234 g/mol. The third kappa shape index (κ3) is 2.75. The maximum atomic E-state index is 13.2. The fourth-order valence-corrected chi connectivity index (χ4v) is 2.00. The van der Waals surface area contributed by atoms with Gasteiger partial charge < -0.3 is 10.1 Å². The molecule has 2 rings (SSSR count). The fourth-order valence-electron chi connectivity index (χ4n) is 2.00. The van der Waals surface area contributed by atoms with Crippen LogP contribution in [-0.2, 0) is 0 Å². The summed E-state index contributed by atoms with van der Waals surface area (Å²) < 4.78 is 19.0. The van der Waals surface area contributed by atoms with E-state index in [1.54, 1.807) is 6.07 Å². The van der Waals surface area contributed by atoms with Crippen LogP contribution >= 0.6 is 0 Å². The van der Waals surface area contributed by atoms with Crippen molar-refractivity contribution in [2.75, 3.05) is 13.1 Å². The van der Waals surface area contributed by atoms with E-state index in [1.807, 2.05) is 13.0 Å². The number of piperidine rings is 1. The first-order chi connectivity index (χ1) is 8.13. The largest absolute Gasteiger partial charge is 0.487 e. The first-order valence-corrected chi connectivity index (χ1v) is 5.72. The molecular formula is C13H15FN2O. The molecule has 1 saturated heterocycles. The van der Waals surface area contributed by atoms with E-state index in [0.29, 0.717) is 5.75 Å². The van der Waals surface area contributed by atoms with Gasteiger partial charge in [0.05, 0.1) is 5.56 Å². The van der Waals surface area contributed by atoms with Gasteiger partial charge in [-0.2, -0.15) is 5.26 Å². The molecule has 1 N–H and O–H groups in total. The smallest absolute Gasteiger partial charge is 0.141 e. The molecule has 3 nitrogen and oxygen atoms in total. The summed E-state index contributed by atoms with van der Waals surface area (Å²) in [5, 5.41) is 12.0. The van der Waals surface area contributed by atoms with Crippen LogP contribution < -0.4 is 10.1 Å². The topological polar surface area (TPSA) is 45.0 Å². The molecule has 0 spiro atoms. The Kier molecular flexibility index (Phi) is 3.30. The lowest BCUT2D eigenvalue weighted by atomic mass is 9.94. The second kappa shape index (κ2) is 4.72. The second-order valence-electron chi connectivity index (χ2n) is 4.56. The molecule has 17 heavy (non-hydrogen) atoms. The lowest BCUT2D eigenvalue weighted by Crippen LogP contribution is -2.43. The Morgan fingerprint density at radius 3 is 2.76 bits per heavy atom. The lowest BCUT2D eigenvalue weighted by Gasteiger charge is -2.34. The van der Waals surface area contributed by atoms with Crippen molar-refractivity contribution in [1.82, 2.24) is 5.32 Å². The van der Waals surface area contributed by atoms with Crippen LogP contribution in [-0.4, -0.2) is 18.7 Å². The molecule has 0 aromatic heterocycles. The third-order valence-electron chi connectivity index (χ3n) is 3.08. The van der Waals surface area contributed by atoms with Gasteiger partial charge in [0.2, 0.25) is 0 Å². The summed E-state index contributed by atoms with van der Waals surface area (Å²) in [6, 6.07) is 6.13. The summed E-state index contributed by atoms with van der Waals surface area (Å²) in [5.41, 5.74) is -0.199. The number of nitrogens with one attached hydrogen (secondary N) is 1. The van der Waals surface area contributed by atoms with Gasteiger partial charge in [-0.1, -0.05) is 0 Å². The van der Waals surface area contributed by atoms with Crippen LogP contribution in [0.3, 0.4) is 0 Å². The average molecular weight is 234 g/mol. The van der Waals surface area contributed by atoms with Gasteiger partial charge in [0, 0.05) is 6.07 Å². The molecule has 0 aliphatic carbocycles. The minimum atomic E-state index is -0.504. The van der Waals surface area contributed by atoms with Crippen LogP contribution in [0.5, 0.6) is 5.75 Å². The minimum Gasteiger partial charge on any atom is -0.487 e. The Labute approximate surface area is 100 Å². The molecule has 90 valence electrons. The number of hydrogen-bond acceptors (Lipinski definition) is 3. The van der Waals surface area contributed by atoms with Crippen molar-refractivity contribution in [3.8, 4) is 11.8 Å². The molecule has 1 aliphatic heterocycles. The van der Waals surface area contributed by atoms with Gasteiger partial charge in [-0.15, -0.1) is 0 Å². The zero-order chi connectivity index (χ0) is 12.3. The normalized spacial score (nSPS) is 18.4. The molecule has 0 unspecified atom stereocenters. The molecule has 0 bridgehead atoms. The van der Waals surface area contributed by atoms with Crippen molar-refractivity contribution >= 4 is 0 Å². The van der Waals surface area contributed by atoms with Gasteiger partial charge in [-0.05, 0) is 45.0 Å². The Bertz CT molecular complexity index is 447. The molecule has 1 aromatic carbocycles. The van der Waals surface area contributed by atoms with Gasteiger partial charge in [-0.25, -0.2) is 4.39 Å². The summed E-state index contributed by atoms with van der Waals surface area (Å²) in [6.07, 6.45) is 1.82. The van der Waals surface area contributed by atoms with E-state index in [4.69, 9.17) is 10.00 Å². The van der Waals surface area contributed by atoms with Gasteiger partial charge >= 0.3 is 0 Å². The molecule has 0 amide bonds. The fraction of sp³-hybridized carbons (Fsp3) is 0.462. The maximum Gasteiger partial charge on any atom is 0.141 e. The Morgan fingerprint density at radius 2 is 2.12 bits per heavy atom. The summed E-state index contributed by atoms with van der Waals surface area (Å²) in [5.74, 6) is 0.0580. The van der Waals surface area contributed by atoms with Gasteiger partial charge in [0.1, 0.15) is 23.2 Å². The van der Waals surface area contributed by atoms with Crippen LogP contribution in [0.4, 0.5) is 4.39 Å². The van der Waals surface area contributed by atoms with Crippen LogP contribution in [0, 0.1) is 17.1 Å². The minimum absolute atomic E-state index is 0.0278. The van der Waals surface area contributed by atoms with Gasteiger partial charge in [-0.3, -0.25) is 0 Å². The third-order valence-corrected chi connectivity index (χ3v) is 3.08. The van der Waals surface area contributed by atoms with Crippen LogP contribution in [0.25, 0.3) is 0 Å². The highest BCUT2D eigenvalue weighted by molar-refractivity contribution is 5.37. The van der Waals surface area contributed by atoms with Crippen molar-refractivity contribution < 1.29 is 9.13 Å². The zero-order valence-electron chi connectivity index (χ0n) is 9.79. The van der Waals surface area contributed by atoms with Crippen LogP contribution in [0.15, 0.2) is 18.2 Å². The van der Waals surface area contributed by atoms with E-state index in [2.05, 4.69) is 5.32 Å². The number of benzene rings is 1. The molecule has 0 saturated carbocycles. The molecule has 1 aliphatic rings. The first kappa shape index (κ1) is 11.9. The number of rotatable bonds is 2. The van der Waals surface area contributed by atoms with Crippen molar-refractivity contribution in [1.29, 1.82) is 5.26 Å². The van der Waals surface area contributed by atoms with Crippen molar-refractivity contribution in [2.24, 2.45) is 0 Å². The second-order valence-corrected chi connectivity index (χ2v) is 4.56. The lowest BCUT2D eigenvalue weighted by molar-refractivity contribution is 0.0555. The summed E-state index contributed by atoms with van der Waals surface area (Å²) >= 11 is 0. The number of hydrogen-bond donors (Lipinski definition) is 1. The van der Waals surface area contributed by atoms with Crippen molar-refractivity contribution in [3.05, 3.63) is 29.6 Å². The Morgan fingerprint density at radius 1 is 1.41 bits per heavy atom. The Hall–Kier alpha value is -1.60. The highest BCUT2D eigenvalue weighted by Gasteiger charge is 2.28. The van der Waals surface area contributed by atoms with E-state index in [0.717, 1.165) is 25.9 Å². The van der Waals surface area contributed by atoms with Gasteiger partial charge in [0.25, 0.3) is 0 Å². The SMILES string of the molecule is CC1(Oc2ccc(F)c(C#N)c2)CCNCC1. The predicted molar refractivity (Wildman–Crippen MR) is 62.3 cm³/mol. The first-order valence-electron chi connectivity index (χ1n) is 5.72. The number of nitriles is 1. The van der Waals surface area contributed by atoms with Crippen LogP contribution in [0.2, 0.25) is 0 Å². The molecule has 4 heteroatoms. The summed E-state index contributed by atoms with van der Waals surface area (Å²) in [6.45, 7) is 3.88. The van der Waals surface area contributed by atoms with Gasteiger partial charge in [0.15, 0.2) is 0 Å². The average Bonchev–Trinajstić information content (AvgIpc) is 2.32. The van der Waals surface area contributed by atoms with E-state index >= 15 is 0 Å². The number of halogens is 1. The maximum absolute atomic E-state index is 13.2. The molecular weight excluding hydrogens is 219 g/mol. The predicted octanol–water partition coefficient (Wildman–Crippen LogP) is 2.22. The molecule has 1 heterocycles. The van der Waals surface area contributed by atoms with E-state index in [1.165, 1.54) is 12.1 Å². The zero-order valence-corrected chi connectivity index (χ0v) is 9.79. The molecule has 0 atom stereocenters. The number of ether oxygens (including phenoxy) is 1. The van der Waals surface area contributed by atoms with Crippen molar-refractivity contribution in [2.45, 2.75) is 25.4 Å². The quantitative estimate of drug-likeness (QED) is 0.853. The van der Waals surface area contributed by atoms with Crippen LogP contribution in [0.1, 0.15) is 25.3 Å². The molecule has 0 radical (unpaired) electrons. The van der Waals surface area contributed by atoms with E-state index < -0.39 is 5.82 Å². The number of nitrogens with zero attached hydrogens (tertiary/aromatic N) is 1. The van der Waals surface area contributed by atoms with Crippen molar-refractivity contribution in [3.63, 3.8) is 0 Å². The molecule has 1 aromatic rings. The summed E-state index contributed by atoms with van der Waals surface area (Å²) in [4.78, 5) is 0. The van der Waals surface area contributed by atoms with E-state index in [9.17, 15) is 4.39 Å².